The van der Waals surface area contributed by atoms with Gasteiger partial charge in [0.15, 0.2) is 10.8 Å². The SMILES string of the molecule is CN(C)c1ccccc1Nc1nc(C(=O)O)cs1. The molecule has 2 rings (SSSR count). The monoisotopic (exact) mass is 263 g/mol. The Morgan fingerprint density at radius 2 is 2.11 bits per heavy atom. The van der Waals surface area contributed by atoms with E-state index < -0.39 is 5.97 Å². The summed E-state index contributed by atoms with van der Waals surface area (Å²) in [5.41, 5.74) is 1.98. The summed E-state index contributed by atoms with van der Waals surface area (Å²) in [6.45, 7) is 0. The van der Waals surface area contributed by atoms with Crippen LogP contribution in [0.5, 0.6) is 0 Å². The predicted molar refractivity (Wildman–Crippen MR) is 73.1 cm³/mol. The van der Waals surface area contributed by atoms with Gasteiger partial charge in [-0.1, -0.05) is 12.1 Å². The zero-order chi connectivity index (χ0) is 13.1. The third kappa shape index (κ3) is 2.60. The van der Waals surface area contributed by atoms with Crippen molar-refractivity contribution in [1.82, 2.24) is 4.98 Å². The van der Waals surface area contributed by atoms with Gasteiger partial charge in [0.05, 0.1) is 11.4 Å². The van der Waals surface area contributed by atoms with Gasteiger partial charge in [-0.05, 0) is 12.1 Å². The van der Waals surface area contributed by atoms with Gasteiger partial charge in [0.25, 0.3) is 0 Å². The number of para-hydroxylation sites is 2. The third-order valence-corrected chi connectivity index (χ3v) is 3.11. The van der Waals surface area contributed by atoms with Crippen LogP contribution in [0.15, 0.2) is 29.6 Å². The number of hydrogen-bond donors (Lipinski definition) is 2. The van der Waals surface area contributed by atoms with Crippen LogP contribution < -0.4 is 10.2 Å². The van der Waals surface area contributed by atoms with E-state index in [4.69, 9.17) is 5.11 Å². The molecule has 5 nitrogen and oxygen atoms in total. The van der Waals surface area contributed by atoms with Crippen LogP contribution in [0.3, 0.4) is 0 Å². The lowest BCUT2D eigenvalue weighted by Crippen LogP contribution is -2.10. The summed E-state index contributed by atoms with van der Waals surface area (Å²) in [4.78, 5) is 16.7. The van der Waals surface area contributed by atoms with Crippen molar-refractivity contribution in [1.29, 1.82) is 0 Å². The number of nitrogens with zero attached hydrogens (tertiary/aromatic N) is 2. The van der Waals surface area contributed by atoms with E-state index in [1.54, 1.807) is 0 Å². The number of carboxylic acid groups (broad SMARTS) is 1. The zero-order valence-corrected chi connectivity index (χ0v) is 10.9. The quantitative estimate of drug-likeness (QED) is 0.887. The minimum Gasteiger partial charge on any atom is -0.476 e. The average molecular weight is 263 g/mol. The molecule has 0 radical (unpaired) electrons. The molecule has 0 unspecified atom stereocenters. The van der Waals surface area contributed by atoms with Crippen LogP contribution in [-0.4, -0.2) is 30.2 Å². The molecular formula is C12H13N3O2S. The predicted octanol–water partition coefficient (Wildman–Crippen LogP) is 2.65. The van der Waals surface area contributed by atoms with Gasteiger partial charge in [0.2, 0.25) is 0 Å². The van der Waals surface area contributed by atoms with E-state index >= 15 is 0 Å². The standard InChI is InChI=1S/C12H13N3O2S/c1-15(2)10-6-4-3-5-8(10)13-12-14-9(7-18-12)11(16)17/h3-7H,1-2H3,(H,13,14)(H,16,17). The fourth-order valence-corrected chi connectivity index (χ4v) is 2.21. The maximum absolute atomic E-state index is 10.8. The largest absolute Gasteiger partial charge is 0.476 e. The number of nitrogens with one attached hydrogen (secondary N) is 1. The van der Waals surface area contributed by atoms with Crippen molar-refractivity contribution < 1.29 is 9.90 Å². The highest BCUT2D eigenvalue weighted by atomic mass is 32.1. The molecule has 6 heteroatoms. The molecule has 0 bridgehead atoms. The van der Waals surface area contributed by atoms with Crippen molar-refractivity contribution >= 4 is 33.8 Å². The number of carbonyl (C=O) groups is 1. The number of rotatable bonds is 4. The van der Waals surface area contributed by atoms with Gasteiger partial charge < -0.3 is 15.3 Å². The normalized spacial score (nSPS) is 10.1. The Kier molecular flexibility index (Phi) is 3.47. The summed E-state index contributed by atoms with van der Waals surface area (Å²) in [5, 5.41) is 14.0. The van der Waals surface area contributed by atoms with E-state index in [-0.39, 0.29) is 5.69 Å². The Morgan fingerprint density at radius 1 is 1.39 bits per heavy atom. The Labute approximate surface area is 109 Å². The van der Waals surface area contributed by atoms with Gasteiger partial charge >= 0.3 is 5.97 Å². The van der Waals surface area contributed by atoms with E-state index in [1.807, 2.05) is 43.3 Å². The van der Waals surface area contributed by atoms with Gasteiger partial charge in [-0.15, -0.1) is 11.3 Å². The molecule has 1 heterocycles. The van der Waals surface area contributed by atoms with Crippen molar-refractivity contribution in [2.24, 2.45) is 0 Å². The van der Waals surface area contributed by atoms with Gasteiger partial charge in [-0.3, -0.25) is 0 Å². The summed E-state index contributed by atoms with van der Waals surface area (Å²) >= 11 is 1.27. The van der Waals surface area contributed by atoms with Crippen LogP contribution in [0.25, 0.3) is 0 Å². The lowest BCUT2D eigenvalue weighted by Gasteiger charge is -2.17. The molecule has 0 aliphatic heterocycles. The Morgan fingerprint density at radius 3 is 2.72 bits per heavy atom. The summed E-state index contributed by atoms with van der Waals surface area (Å²) in [6.07, 6.45) is 0. The van der Waals surface area contributed by atoms with Crippen molar-refractivity contribution in [3.05, 3.63) is 35.3 Å². The smallest absolute Gasteiger partial charge is 0.355 e. The number of aromatic carboxylic acids is 1. The number of aromatic nitrogens is 1. The summed E-state index contributed by atoms with van der Waals surface area (Å²) in [7, 11) is 3.90. The first-order chi connectivity index (χ1) is 8.58. The topological polar surface area (TPSA) is 65.5 Å². The second kappa shape index (κ2) is 5.05. The number of anilines is 3. The molecule has 0 fully saturated rings. The van der Waals surface area contributed by atoms with Crippen LogP contribution in [0.2, 0.25) is 0 Å². The fourth-order valence-electron chi connectivity index (χ4n) is 1.51. The molecule has 0 aliphatic rings. The second-order valence-corrected chi connectivity index (χ2v) is 4.74. The molecule has 0 aliphatic carbocycles. The molecule has 18 heavy (non-hydrogen) atoms. The summed E-state index contributed by atoms with van der Waals surface area (Å²) in [6, 6.07) is 7.78. The molecule has 2 N–H and O–H groups in total. The van der Waals surface area contributed by atoms with Gasteiger partial charge in [-0.2, -0.15) is 0 Å². The minimum atomic E-state index is -1.01. The summed E-state index contributed by atoms with van der Waals surface area (Å²) in [5.74, 6) is -1.01. The number of hydrogen-bond acceptors (Lipinski definition) is 5. The highest BCUT2D eigenvalue weighted by molar-refractivity contribution is 7.14. The first-order valence-electron chi connectivity index (χ1n) is 5.30. The molecule has 1 aromatic carbocycles. The van der Waals surface area contributed by atoms with E-state index in [0.717, 1.165) is 11.4 Å². The molecule has 1 aromatic heterocycles. The maximum Gasteiger partial charge on any atom is 0.355 e. The highest BCUT2D eigenvalue weighted by Gasteiger charge is 2.10. The molecule has 0 amide bonds. The number of carboxylic acids is 1. The van der Waals surface area contributed by atoms with Crippen LogP contribution in [0.4, 0.5) is 16.5 Å². The third-order valence-electron chi connectivity index (χ3n) is 2.35. The molecule has 2 aromatic rings. The number of benzene rings is 1. The van der Waals surface area contributed by atoms with Crippen molar-refractivity contribution in [2.75, 3.05) is 24.3 Å². The first-order valence-corrected chi connectivity index (χ1v) is 6.18. The highest BCUT2D eigenvalue weighted by Crippen LogP contribution is 2.28. The van der Waals surface area contributed by atoms with E-state index in [0.29, 0.717) is 5.13 Å². The van der Waals surface area contributed by atoms with E-state index in [1.165, 1.54) is 16.7 Å². The Bertz CT molecular complexity index is 566. The van der Waals surface area contributed by atoms with Crippen LogP contribution >= 0.6 is 11.3 Å². The Hall–Kier alpha value is -2.08. The molecule has 0 spiro atoms. The number of thiazole rings is 1. The van der Waals surface area contributed by atoms with Crippen molar-refractivity contribution in [3.8, 4) is 0 Å². The van der Waals surface area contributed by atoms with Crippen LogP contribution in [0, 0.1) is 0 Å². The van der Waals surface area contributed by atoms with Crippen molar-refractivity contribution in [2.45, 2.75) is 0 Å². The lowest BCUT2D eigenvalue weighted by atomic mass is 10.2. The molecule has 0 saturated carbocycles. The second-order valence-electron chi connectivity index (χ2n) is 3.88. The zero-order valence-electron chi connectivity index (χ0n) is 10.0. The van der Waals surface area contributed by atoms with E-state index in [2.05, 4.69) is 10.3 Å². The van der Waals surface area contributed by atoms with Gasteiger partial charge in [0.1, 0.15) is 0 Å². The summed E-state index contributed by atoms with van der Waals surface area (Å²) < 4.78 is 0. The average Bonchev–Trinajstić information content (AvgIpc) is 2.78. The Balaban J connectivity index is 2.25. The van der Waals surface area contributed by atoms with Crippen molar-refractivity contribution in [3.63, 3.8) is 0 Å². The minimum absolute atomic E-state index is 0.0600. The van der Waals surface area contributed by atoms with E-state index in [9.17, 15) is 4.79 Å². The van der Waals surface area contributed by atoms with Gasteiger partial charge in [0, 0.05) is 19.5 Å². The lowest BCUT2D eigenvalue weighted by molar-refractivity contribution is 0.0691. The molecule has 0 atom stereocenters. The fraction of sp³-hybridized carbons (Fsp3) is 0.167. The molecule has 94 valence electrons. The van der Waals surface area contributed by atoms with Gasteiger partial charge in [-0.25, -0.2) is 9.78 Å². The molecular weight excluding hydrogens is 250 g/mol. The van der Waals surface area contributed by atoms with Crippen LogP contribution in [0.1, 0.15) is 10.5 Å². The molecule has 0 saturated heterocycles. The first kappa shape index (κ1) is 12.4. The maximum atomic E-state index is 10.8. The van der Waals surface area contributed by atoms with Crippen LogP contribution in [-0.2, 0) is 0 Å².